The summed E-state index contributed by atoms with van der Waals surface area (Å²) in [6.07, 6.45) is 2.49. The van der Waals surface area contributed by atoms with E-state index in [1.807, 2.05) is 0 Å². The lowest BCUT2D eigenvalue weighted by Crippen LogP contribution is -2.41. The number of piperidine rings is 1. The molecule has 172 valence electrons. The summed E-state index contributed by atoms with van der Waals surface area (Å²) >= 11 is 5.85. The Labute approximate surface area is 196 Å². The summed E-state index contributed by atoms with van der Waals surface area (Å²) in [5, 5.41) is 7.44. The first-order valence-electron chi connectivity index (χ1n) is 10.3. The van der Waals surface area contributed by atoms with Crippen LogP contribution in [0.15, 0.2) is 65.7 Å². The van der Waals surface area contributed by atoms with Crippen molar-refractivity contribution in [1.29, 1.82) is 0 Å². The minimum Gasteiger partial charge on any atom is -0.364 e. The number of carbonyl (C=O) groups is 2. The van der Waals surface area contributed by atoms with Gasteiger partial charge in [-0.15, -0.1) is 0 Å². The predicted octanol–water partition coefficient (Wildman–Crippen LogP) is 2.66. The van der Waals surface area contributed by atoms with Gasteiger partial charge in [-0.2, -0.15) is 9.40 Å². The number of sulfonamides is 1. The summed E-state index contributed by atoms with van der Waals surface area (Å²) in [7, 11) is -3.62. The quantitative estimate of drug-likeness (QED) is 0.552. The lowest BCUT2D eigenvalue weighted by molar-refractivity contribution is -0.120. The number of amides is 2. The lowest BCUT2D eigenvalue weighted by atomic mass is 9.97. The van der Waals surface area contributed by atoms with E-state index in [4.69, 9.17) is 17.3 Å². The van der Waals surface area contributed by atoms with Gasteiger partial charge in [-0.05, 0) is 67.4 Å². The van der Waals surface area contributed by atoms with Crippen LogP contribution < -0.4 is 11.1 Å². The minimum atomic E-state index is -3.62. The molecule has 2 amide bonds. The van der Waals surface area contributed by atoms with Crippen LogP contribution in [0, 0.1) is 5.92 Å². The van der Waals surface area contributed by atoms with Crippen LogP contribution in [0.4, 0.5) is 5.69 Å². The normalized spacial score (nSPS) is 15.3. The second-order valence-corrected chi connectivity index (χ2v) is 10.1. The zero-order valence-corrected chi connectivity index (χ0v) is 19.1. The third-order valence-electron chi connectivity index (χ3n) is 5.52. The maximum Gasteiger partial charge on any atom is 0.269 e. The third kappa shape index (κ3) is 5.08. The van der Waals surface area contributed by atoms with Gasteiger partial charge in [-0.3, -0.25) is 9.59 Å². The molecule has 9 nitrogen and oxygen atoms in total. The molecule has 0 unspecified atom stereocenters. The molecule has 1 aliphatic heterocycles. The molecule has 0 spiro atoms. The number of hydrogen-bond donors (Lipinski definition) is 2. The van der Waals surface area contributed by atoms with Crippen molar-refractivity contribution < 1.29 is 18.0 Å². The van der Waals surface area contributed by atoms with E-state index in [0.29, 0.717) is 29.2 Å². The summed E-state index contributed by atoms with van der Waals surface area (Å²) in [5.41, 5.74) is 6.71. The molecule has 3 N–H and O–H groups in total. The molecule has 3 aromatic rings. The average molecular weight is 488 g/mol. The van der Waals surface area contributed by atoms with E-state index in [9.17, 15) is 18.0 Å². The van der Waals surface area contributed by atoms with Crippen LogP contribution in [0.3, 0.4) is 0 Å². The highest BCUT2D eigenvalue weighted by atomic mass is 35.5. The second-order valence-electron chi connectivity index (χ2n) is 7.68. The molecule has 0 atom stereocenters. The molecule has 0 saturated carbocycles. The van der Waals surface area contributed by atoms with Gasteiger partial charge in [0.25, 0.3) is 5.91 Å². The van der Waals surface area contributed by atoms with Crippen molar-refractivity contribution in [3.63, 3.8) is 0 Å². The first-order valence-corrected chi connectivity index (χ1v) is 12.1. The Hall–Kier alpha value is -3.21. The van der Waals surface area contributed by atoms with Crippen LogP contribution in [-0.4, -0.2) is 47.4 Å². The highest BCUT2D eigenvalue weighted by Crippen LogP contribution is 2.26. The molecule has 1 aliphatic rings. The number of nitrogens with one attached hydrogen (secondary N) is 1. The first kappa shape index (κ1) is 23.0. The summed E-state index contributed by atoms with van der Waals surface area (Å²) < 4.78 is 28.5. The monoisotopic (exact) mass is 487 g/mol. The van der Waals surface area contributed by atoms with Gasteiger partial charge in [0.05, 0.1) is 10.6 Å². The van der Waals surface area contributed by atoms with Crippen molar-refractivity contribution in [2.45, 2.75) is 17.7 Å². The number of anilines is 1. The first-order chi connectivity index (χ1) is 15.7. The van der Waals surface area contributed by atoms with Crippen LogP contribution in [0.5, 0.6) is 0 Å². The molecule has 33 heavy (non-hydrogen) atoms. The van der Waals surface area contributed by atoms with Gasteiger partial charge < -0.3 is 11.1 Å². The van der Waals surface area contributed by atoms with Crippen LogP contribution in [0.25, 0.3) is 5.69 Å². The van der Waals surface area contributed by atoms with E-state index in [-0.39, 0.29) is 35.5 Å². The molecule has 1 fully saturated rings. The number of aromatic nitrogens is 2. The van der Waals surface area contributed by atoms with E-state index in [2.05, 4.69) is 10.4 Å². The van der Waals surface area contributed by atoms with E-state index in [1.54, 1.807) is 42.6 Å². The number of carbonyl (C=O) groups excluding carboxylic acids is 2. The second kappa shape index (κ2) is 9.34. The highest BCUT2D eigenvalue weighted by molar-refractivity contribution is 7.89. The molecular formula is C22H22ClN5O4S. The zero-order chi connectivity index (χ0) is 23.6. The van der Waals surface area contributed by atoms with Crippen LogP contribution in [0.1, 0.15) is 23.3 Å². The van der Waals surface area contributed by atoms with Gasteiger partial charge in [0, 0.05) is 35.9 Å². The molecule has 1 aromatic heterocycles. The van der Waals surface area contributed by atoms with Crippen molar-refractivity contribution >= 4 is 39.1 Å². The fourth-order valence-corrected chi connectivity index (χ4v) is 5.25. The maximum atomic E-state index is 12.8. The minimum absolute atomic E-state index is 0.151. The summed E-state index contributed by atoms with van der Waals surface area (Å²) in [5.74, 6) is -1.04. The van der Waals surface area contributed by atoms with E-state index < -0.39 is 15.9 Å². The number of halogens is 1. The van der Waals surface area contributed by atoms with Crippen molar-refractivity contribution in [3.05, 3.63) is 71.5 Å². The van der Waals surface area contributed by atoms with Gasteiger partial charge >= 0.3 is 0 Å². The zero-order valence-electron chi connectivity index (χ0n) is 17.5. The van der Waals surface area contributed by atoms with Gasteiger partial charge in [0.1, 0.15) is 5.69 Å². The smallest absolute Gasteiger partial charge is 0.269 e. The Morgan fingerprint density at radius 3 is 2.21 bits per heavy atom. The topological polar surface area (TPSA) is 127 Å². The van der Waals surface area contributed by atoms with Crippen LogP contribution >= 0.6 is 11.6 Å². The third-order valence-corrected chi connectivity index (χ3v) is 7.68. The van der Waals surface area contributed by atoms with Gasteiger partial charge in [-0.1, -0.05) is 11.6 Å². The van der Waals surface area contributed by atoms with E-state index in [1.165, 1.54) is 27.2 Å². The average Bonchev–Trinajstić information content (AvgIpc) is 3.31. The molecule has 2 aromatic carbocycles. The van der Waals surface area contributed by atoms with E-state index in [0.717, 1.165) is 0 Å². The number of primary amides is 1. The fraction of sp³-hybridized carbons (Fsp3) is 0.227. The Bertz CT molecular complexity index is 1260. The SMILES string of the molecule is NC(=O)c1ccn(-c2ccc(NC(=O)C3CCN(S(=O)(=O)c4ccc(Cl)cc4)CC3)cc2)n1. The Morgan fingerprint density at radius 2 is 1.64 bits per heavy atom. The van der Waals surface area contributed by atoms with E-state index >= 15 is 0 Å². The fourth-order valence-electron chi connectivity index (χ4n) is 3.65. The van der Waals surface area contributed by atoms with Crippen molar-refractivity contribution in [2.75, 3.05) is 18.4 Å². The Morgan fingerprint density at radius 1 is 1.00 bits per heavy atom. The standard InChI is InChI=1S/C22H22ClN5O4S/c23-16-1-7-19(8-2-16)33(31,32)27-12-9-15(10-13-27)22(30)25-17-3-5-18(6-4-17)28-14-11-20(26-28)21(24)29/h1-8,11,14-15H,9-10,12-13H2,(H2,24,29)(H,25,30). The number of hydrogen-bond acceptors (Lipinski definition) is 5. The molecule has 0 aliphatic carbocycles. The number of nitrogens with zero attached hydrogens (tertiary/aromatic N) is 3. The maximum absolute atomic E-state index is 12.8. The lowest BCUT2D eigenvalue weighted by Gasteiger charge is -2.30. The molecule has 0 radical (unpaired) electrons. The molecule has 1 saturated heterocycles. The molecule has 0 bridgehead atoms. The predicted molar refractivity (Wildman–Crippen MR) is 124 cm³/mol. The van der Waals surface area contributed by atoms with Gasteiger partial charge in [0.15, 0.2) is 0 Å². The molecule has 2 heterocycles. The molecule has 11 heteroatoms. The summed E-state index contributed by atoms with van der Waals surface area (Å²) in [4.78, 5) is 24.1. The Kier molecular flexibility index (Phi) is 6.50. The molecule has 4 rings (SSSR count). The van der Waals surface area contributed by atoms with Crippen LogP contribution in [0.2, 0.25) is 5.02 Å². The van der Waals surface area contributed by atoms with Gasteiger partial charge in [-0.25, -0.2) is 13.1 Å². The van der Waals surface area contributed by atoms with Crippen molar-refractivity contribution in [2.24, 2.45) is 11.7 Å². The largest absolute Gasteiger partial charge is 0.364 e. The van der Waals surface area contributed by atoms with Crippen molar-refractivity contribution in [1.82, 2.24) is 14.1 Å². The summed E-state index contributed by atoms with van der Waals surface area (Å²) in [6, 6.07) is 14.6. The number of benzene rings is 2. The summed E-state index contributed by atoms with van der Waals surface area (Å²) in [6.45, 7) is 0.535. The Balaban J connectivity index is 1.34. The number of rotatable bonds is 6. The van der Waals surface area contributed by atoms with Gasteiger partial charge in [0.2, 0.25) is 15.9 Å². The number of nitrogens with two attached hydrogens (primary N) is 1. The molecular weight excluding hydrogens is 466 g/mol. The van der Waals surface area contributed by atoms with Crippen molar-refractivity contribution in [3.8, 4) is 5.69 Å². The highest BCUT2D eigenvalue weighted by Gasteiger charge is 2.32. The van der Waals surface area contributed by atoms with Crippen LogP contribution in [-0.2, 0) is 14.8 Å².